The molecule has 3 aliphatic rings. The molecule has 35 heavy (non-hydrogen) atoms. The minimum Gasteiger partial charge on any atom is -0.377 e. The van der Waals surface area contributed by atoms with E-state index in [0.717, 1.165) is 37.2 Å². The summed E-state index contributed by atoms with van der Waals surface area (Å²) in [4.78, 5) is 23.7. The number of nitrogens with zero attached hydrogens (tertiary/aromatic N) is 3. The maximum absolute atomic E-state index is 14.9. The van der Waals surface area contributed by atoms with Crippen molar-refractivity contribution in [2.75, 3.05) is 36.5 Å². The smallest absolute Gasteiger partial charge is 0.251 e. The number of benzene rings is 2. The second-order valence-electron chi connectivity index (χ2n) is 8.99. The van der Waals surface area contributed by atoms with Crippen LogP contribution >= 0.6 is 0 Å². The van der Waals surface area contributed by atoms with Gasteiger partial charge >= 0.3 is 0 Å². The Hall–Kier alpha value is -3.52. The van der Waals surface area contributed by atoms with Gasteiger partial charge in [-0.1, -0.05) is 0 Å². The summed E-state index contributed by atoms with van der Waals surface area (Å²) in [6, 6.07) is 12.4. The zero-order valence-electron chi connectivity index (χ0n) is 19.7. The van der Waals surface area contributed by atoms with Crippen LogP contribution in [0.1, 0.15) is 48.0 Å². The maximum Gasteiger partial charge on any atom is 0.251 e. The van der Waals surface area contributed by atoms with Gasteiger partial charge in [-0.15, -0.1) is 0 Å². The van der Waals surface area contributed by atoms with E-state index in [1.54, 1.807) is 24.4 Å². The van der Waals surface area contributed by atoms with Crippen LogP contribution in [0.3, 0.4) is 0 Å². The third kappa shape index (κ3) is 5.59. The van der Waals surface area contributed by atoms with E-state index >= 15 is 0 Å². The van der Waals surface area contributed by atoms with Crippen molar-refractivity contribution >= 4 is 23.2 Å². The zero-order chi connectivity index (χ0) is 24.0. The summed E-state index contributed by atoms with van der Waals surface area (Å²) in [6.07, 6.45) is 6.88. The Balaban J connectivity index is 1.47. The van der Waals surface area contributed by atoms with E-state index in [9.17, 15) is 9.18 Å². The standard InChI is InChI=1S/C27H30FN5O2/c28-23-17-19-6-8-22(23)24-10-12-30-27(32-24)31-21-7-9-25(33-13-3-1-4-14-33)20(16-21)18-35-15-5-2-11-29-26(19)34/h6-10,12,16-17H,1-5,11,13-15,18H2,(H,29,34)(H,30,31,32). The fraction of sp³-hybridized carbons (Fsp3) is 0.370. The number of halogens is 1. The van der Waals surface area contributed by atoms with E-state index in [4.69, 9.17) is 4.74 Å². The topological polar surface area (TPSA) is 79.4 Å². The van der Waals surface area contributed by atoms with Crippen molar-refractivity contribution in [3.8, 4) is 11.3 Å². The maximum atomic E-state index is 14.9. The fourth-order valence-electron chi connectivity index (χ4n) is 4.60. The SMILES string of the molecule is O=C1NCCCCOCc2cc(ccc2N2CCCCC2)Nc2nccc(n2)-c2ccc1cc2F. The molecule has 0 spiro atoms. The third-order valence-corrected chi connectivity index (χ3v) is 6.45. The zero-order valence-corrected chi connectivity index (χ0v) is 19.7. The monoisotopic (exact) mass is 475 g/mol. The molecule has 2 aromatic carbocycles. The molecule has 1 aromatic heterocycles. The molecule has 0 saturated carbocycles. The van der Waals surface area contributed by atoms with Crippen LogP contribution in [0.25, 0.3) is 11.3 Å². The number of aromatic nitrogens is 2. The van der Waals surface area contributed by atoms with Crippen molar-refractivity contribution in [3.05, 3.63) is 65.6 Å². The van der Waals surface area contributed by atoms with Gasteiger partial charge in [0.05, 0.1) is 12.3 Å². The number of hydrogen-bond acceptors (Lipinski definition) is 6. The molecular formula is C27H30FN5O2. The van der Waals surface area contributed by atoms with Gasteiger partial charge in [-0.3, -0.25) is 4.79 Å². The lowest BCUT2D eigenvalue weighted by Crippen LogP contribution is -2.30. The third-order valence-electron chi connectivity index (χ3n) is 6.45. The molecule has 0 unspecified atom stereocenters. The average Bonchev–Trinajstić information content (AvgIpc) is 2.88. The largest absolute Gasteiger partial charge is 0.377 e. The van der Waals surface area contributed by atoms with Crippen LogP contribution in [0.15, 0.2) is 48.7 Å². The fourth-order valence-corrected chi connectivity index (χ4v) is 4.60. The van der Waals surface area contributed by atoms with Gasteiger partial charge < -0.3 is 20.3 Å². The first-order valence-corrected chi connectivity index (χ1v) is 12.3. The van der Waals surface area contributed by atoms with Gasteiger partial charge in [0.1, 0.15) is 5.82 Å². The van der Waals surface area contributed by atoms with Crippen LogP contribution in [0.4, 0.5) is 21.7 Å². The highest BCUT2D eigenvalue weighted by Crippen LogP contribution is 2.29. The van der Waals surface area contributed by atoms with Crippen LogP contribution < -0.4 is 15.5 Å². The van der Waals surface area contributed by atoms with E-state index in [-0.39, 0.29) is 11.5 Å². The summed E-state index contributed by atoms with van der Waals surface area (Å²) in [6.45, 7) is 3.72. The highest BCUT2D eigenvalue weighted by atomic mass is 19.1. The average molecular weight is 476 g/mol. The Morgan fingerprint density at radius 3 is 2.71 bits per heavy atom. The number of amides is 1. The van der Waals surface area contributed by atoms with Crippen LogP contribution in [0.5, 0.6) is 0 Å². The summed E-state index contributed by atoms with van der Waals surface area (Å²) >= 11 is 0. The van der Waals surface area contributed by atoms with E-state index in [0.29, 0.717) is 37.0 Å². The first kappa shape index (κ1) is 23.2. The molecule has 3 aliphatic heterocycles. The highest BCUT2D eigenvalue weighted by Gasteiger charge is 2.17. The number of nitrogens with one attached hydrogen (secondary N) is 2. The normalized spacial score (nSPS) is 17.1. The van der Waals surface area contributed by atoms with Gasteiger partial charge in [-0.25, -0.2) is 14.4 Å². The molecule has 1 amide bonds. The molecule has 7 nitrogen and oxygen atoms in total. The van der Waals surface area contributed by atoms with Gasteiger partial charge in [0.2, 0.25) is 5.95 Å². The second kappa shape index (κ2) is 10.8. The Labute approximate surface area is 204 Å². The Bertz CT molecular complexity index is 1200. The van der Waals surface area contributed by atoms with Crippen LogP contribution in [-0.2, 0) is 11.3 Å². The highest BCUT2D eigenvalue weighted by molar-refractivity contribution is 5.94. The first-order chi connectivity index (χ1) is 17.2. The number of fused-ring (bicyclic) bond motifs is 9. The van der Waals surface area contributed by atoms with Gasteiger partial charge in [0, 0.05) is 60.5 Å². The Kier molecular flexibility index (Phi) is 7.18. The van der Waals surface area contributed by atoms with Crippen molar-refractivity contribution in [1.29, 1.82) is 0 Å². The first-order valence-electron chi connectivity index (χ1n) is 12.3. The lowest BCUT2D eigenvalue weighted by molar-refractivity contribution is 0.0945. The van der Waals surface area contributed by atoms with Crippen molar-refractivity contribution in [3.63, 3.8) is 0 Å². The van der Waals surface area contributed by atoms with Crippen LogP contribution in [0, 0.1) is 5.82 Å². The molecule has 6 rings (SSSR count). The molecule has 0 aliphatic carbocycles. The molecule has 182 valence electrons. The molecule has 3 aromatic rings. The molecule has 8 heteroatoms. The number of piperidine rings is 1. The predicted molar refractivity (Wildman–Crippen MR) is 134 cm³/mol. The van der Waals surface area contributed by atoms with E-state index in [1.165, 1.54) is 31.0 Å². The summed E-state index contributed by atoms with van der Waals surface area (Å²) in [5.41, 5.74) is 4.21. The molecule has 4 heterocycles. The lowest BCUT2D eigenvalue weighted by Gasteiger charge is -2.31. The van der Waals surface area contributed by atoms with Crippen molar-refractivity contribution in [2.24, 2.45) is 0 Å². The molecule has 6 bridgehead atoms. The quantitative estimate of drug-likeness (QED) is 0.512. The Morgan fingerprint density at radius 2 is 1.86 bits per heavy atom. The second-order valence-corrected chi connectivity index (χ2v) is 8.99. The summed E-state index contributed by atoms with van der Waals surface area (Å²) in [7, 11) is 0. The van der Waals surface area contributed by atoms with Crippen molar-refractivity contribution in [2.45, 2.75) is 38.7 Å². The predicted octanol–water partition coefficient (Wildman–Crippen LogP) is 5.06. The van der Waals surface area contributed by atoms with Crippen LogP contribution in [0.2, 0.25) is 0 Å². The summed E-state index contributed by atoms with van der Waals surface area (Å²) in [5, 5.41) is 6.12. The number of carbonyl (C=O) groups is 1. The van der Waals surface area contributed by atoms with Crippen molar-refractivity contribution < 1.29 is 13.9 Å². The van der Waals surface area contributed by atoms with E-state index < -0.39 is 5.82 Å². The molecular weight excluding hydrogens is 445 g/mol. The van der Waals surface area contributed by atoms with E-state index in [1.807, 2.05) is 6.07 Å². The van der Waals surface area contributed by atoms with Crippen molar-refractivity contribution in [1.82, 2.24) is 15.3 Å². The number of ether oxygens (including phenoxy) is 1. The molecule has 0 atom stereocenters. The Morgan fingerprint density at radius 1 is 0.971 bits per heavy atom. The minimum absolute atomic E-state index is 0.286. The number of rotatable bonds is 1. The van der Waals surface area contributed by atoms with Gasteiger partial charge in [0.25, 0.3) is 5.91 Å². The lowest BCUT2D eigenvalue weighted by atomic mass is 10.1. The number of anilines is 3. The molecule has 0 radical (unpaired) electrons. The minimum atomic E-state index is -0.498. The summed E-state index contributed by atoms with van der Waals surface area (Å²) in [5.74, 6) is -0.414. The summed E-state index contributed by atoms with van der Waals surface area (Å²) < 4.78 is 20.9. The number of hydrogen-bond donors (Lipinski definition) is 2. The molecule has 2 N–H and O–H groups in total. The molecule has 1 fully saturated rings. The van der Waals surface area contributed by atoms with Crippen LogP contribution in [-0.4, -0.2) is 42.1 Å². The molecule has 1 saturated heterocycles. The van der Waals surface area contributed by atoms with Gasteiger partial charge in [-0.2, -0.15) is 0 Å². The van der Waals surface area contributed by atoms with E-state index in [2.05, 4.69) is 37.6 Å². The number of carbonyl (C=O) groups excluding carboxylic acids is 1. The van der Waals surface area contributed by atoms with Gasteiger partial charge in [0.15, 0.2) is 0 Å². The van der Waals surface area contributed by atoms with Gasteiger partial charge in [-0.05, 0) is 74.6 Å².